The highest BCUT2D eigenvalue weighted by atomic mass is 16.5. The molecular weight excluding hydrogens is 250 g/mol. The van der Waals surface area contributed by atoms with Crippen LogP contribution in [-0.2, 0) is 0 Å². The van der Waals surface area contributed by atoms with Gasteiger partial charge in [0, 0.05) is 12.4 Å². The SMILES string of the molecule is NC(=O)c1cccnc1Oc1cnccc1C(=O)O. The van der Waals surface area contributed by atoms with Gasteiger partial charge in [-0.15, -0.1) is 0 Å². The van der Waals surface area contributed by atoms with E-state index < -0.39 is 11.9 Å². The fraction of sp³-hybridized carbons (Fsp3) is 0. The zero-order valence-corrected chi connectivity index (χ0v) is 9.61. The lowest BCUT2D eigenvalue weighted by molar-refractivity contribution is 0.0694. The number of nitrogens with two attached hydrogens (primary N) is 1. The number of carbonyl (C=O) groups excluding carboxylic acids is 1. The van der Waals surface area contributed by atoms with Gasteiger partial charge in [-0.1, -0.05) is 0 Å². The van der Waals surface area contributed by atoms with E-state index in [1.807, 2.05) is 0 Å². The average molecular weight is 259 g/mol. The quantitative estimate of drug-likeness (QED) is 0.848. The van der Waals surface area contributed by atoms with Crippen molar-refractivity contribution in [2.24, 2.45) is 5.73 Å². The Labute approximate surface area is 107 Å². The molecule has 2 aromatic heterocycles. The second-order valence-corrected chi connectivity index (χ2v) is 3.50. The topological polar surface area (TPSA) is 115 Å². The Bertz CT molecular complexity index is 587. The van der Waals surface area contributed by atoms with Crippen LogP contribution in [0.15, 0.2) is 36.8 Å². The van der Waals surface area contributed by atoms with Crippen LogP contribution in [0.1, 0.15) is 20.7 Å². The Morgan fingerprint density at radius 2 is 2.00 bits per heavy atom. The van der Waals surface area contributed by atoms with Gasteiger partial charge in [0.25, 0.3) is 5.91 Å². The van der Waals surface area contributed by atoms with Crippen LogP contribution in [0, 0.1) is 0 Å². The Kier molecular flexibility index (Phi) is 3.37. The molecule has 0 spiro atoms. The van der Waals surface area contributed by atoms with Gasteiger partial charge in [0.1, 0.15) is 11.1 Å². The Hall–Kier alpha value is -2.96. The number of ether oxygens (including phenoxy) is 1. The van der Waals surface area contributed by atoms with Crippen LogP contribution in [0.4, 0.5) is 0 Å². The summed E-state index contributed by atoms with van der Waals surface area (Å²) < 4.78 is 5.31. The molecule has 0 bridgehead atoms. The highest BCUT2D eigenvalue weighted by Crippen LogP contribution is 2.25. The summed E-state index contributed by atoms with van der Waals surface area (Å²) in [7, 11) is 0. The highest BCUT2D eigenvalue weighted by molar-refractivity contribution is 5.95. The third-order valence-electron chi connectivity index (χ3n) is 2.26. The van der Waals surface area contributed by atoms with Gasteiger partial charge in [0.05, 0.1) is 6.20 Å². The summed E-state index contributed by atoms with van der Waals surface area (Å²) in [6.07, 6.45) is 3.95. The van der Waals surface area contributed by atoms with Gasteiger partial charge in [0.2, 0.25) is 5.88 Å². The minimum absolute atomic E-state index is 0.0174. The molecule has 2 aromatic rings. The number of aromatic carboxylic acids is 1. The molecule has 0 fully saturated rings. The van der Waals surface area contributed by atoms with Crippen LogP contribution in [0.3, 0.4) is 0 Å². The molecule has 0 saturated heterocycles. The highest BCUT2D eigenvalue weighted by Gasteiger charge is 2.16. The van der Waals surface area contributed by atoms with E-state index in [0.717, 1.165) is 0 Å². The Balaban J connectivity index is 2.42. The smallest absolute Gasteiger partial charge is 0.339 e. The molecule has 2 heterocycles. The van der Waals surface area contributed by atoms with E-state index in [4.69, 9.17) is 15.6 Å². The fourth-order valence-corrected chi connectivity index (χ4v) is 1.40. The molecule has 0 unspecified atom stereocenters. The molecule has 19 heavy (non-hydrogen) atoms. The number of carbonyl (C=O) groups is 2. The van der Waals surface area contributed by atoms with Crippen LogP contribution in [0.25, 0.3) is 0 Å². The molecule has 7 heteroatoms. The van der Waals surface area contributed by atoms with Crippen molar-refractivity contribution in [3.05, 3.63) is 47.9 Å². The second kappa shape index (κ2) is 5.13. The summed E-state index contributed by atoms with van der Waals surface area (Å²) in [6, 6.07) is 4.24. The summed E-state index contributed by atoms with van der Waals surface area (Å²) >= 11 is 0. The number of nitrogens with zero attached hydrogens (tertiary/aromatic N) is 2. The van der Waals surface area contributed by atoms with Gasteiger partial charge in [-0.25, -0.2) is 9.78 Å². The van der Waals surface area contributed by atoms with Gasteiger partial charge in [-0.05, 0) is 18.2 Å². The number of hydrogen-bond acceptors (Lipinski definition) is 5. The van der Waals surface area contributed by atoms with Gasteiger partial charge in [0.15, 0.2) is 5.75 Å². The van der Waals surface area contributed by atoms with Crippen molar-refractivity contribution < 1.29 is 19.4 Å². The number of aromatic nitrogens is 2. The minimum Gasteiger partial charge on any atom is -0.478 e. The third-order valence-corrected chi connectivity index (χ3v) is 2.26. The molecule has 1 amide bonds. The van der Waals surface area contributed by atoms with Crippen molar-refractivity contribution >= 4 is 11.9 Å². The zero-order chi connectivity index (χ0) is 13.8. The number of carboxylic acids is 1. The molecular formula is C12H9N3O4. The molecule has 3 N–H and O–H groups in total. The van der Waals surface area contributed by atoms with E-state index in [1.54, 1.807) is 0 Å². The number of rotatable bonds is 4. The first-order chi connectivity index (χ1) is 9.09. The van der Waals surface area contributed by atoms with E-state index in [9.17, 15) is 9.59 Å². The lowest BCUT2D eigenvalue weighted by Gasteiger charge is -2.09. The van der Waals surface area contributed by atoms with Gasteiger partial charge < -0.3 is 15.6 Å². The van der Waals surface area contributed by atoms with Crippen molar-refractivity contribution in [2.75, 3.05) is 0 Å². The standard InChI is InChI=1S/C12H9N3O4/c13-10(16)8-2-1-4-15-11(8)19-9-6-14-5-3-7(9)12(17)18/h1-6H,(H2,13,16)(H,17,18). The van der Waals surface area contributed by atoms with Crippen molar-refractivity contribution in [2.45, 2.75) is 0 Å². The van der Waals surface area contributed by atoms with Crippen LogP contribution in [0.5, 0.6) is 11.6 Å². The summed E-state index contributed by atoms with van der Waals surface area (Å²) in [5, 5.41) is 9.00. The predicted octanol–water partition coefficient (Wildman–Crippen LogP) is 1.07. The van der Waals surface area contributed by atoms with Crippen LogP contribution >= 0.6 is 0 Å². The molecule has 0 aliphatic rings. The maximum absolute atomic E-state index is 11.2. The first-order valence-electron chi connectivity index (χ1n) is 5.19. The average Bonchev–Trinajstić information content (AvgIpc) is 2.39. The Morgan fingerprint density at radius 3 is 2.68 bits per heavy atom. The summed E-state index contributed by atoms with van der Waals surface area (Å²) in [5.74, 6) is -1.97. The molecule has 2 rings (SSSR count). The minimum atomic E-state index is -1.17. The van der Waals surface area contributed by atoms with Crippen molar-refractivity contribution in [1.82, 2.24) is 9.97 Å². The third kappa shape index (κ3) is 2.65. The maximum Gasteiger partial charge on any atom is 0.339 e. The predicted molar refractivity (Wildman–Crippen MR) is 64.0 cm³/mol. The lowest BCUT2D eigenvalue weighted by Crippen LogP contribution is -2.13. The van der Waals surface area contributed by atoms with Gasteiger partial charge >= 0.3 is 5.97 Å². The Morgan fingerprint density at radius 1 is 1.21 bits per heavy atom. The van der Waals surface area contributed by atoms with E-state index in [1.165, 1.54) is 36.8 Å². The summed E-state index contributed by atoms with van der Waals surface area (Å²) in [4.78, 5) is 29.8. The number of pyridine rings is 2. The molecule has 0 aliphatic carbocycles. The largest absolute Gasteiger partial charge is 0.478 e. The van der Waals surface area contributed by atoms with Gasteiger partial charge in [-0.3, -0.25) is 9.78 Å². The van der Waals surface area contributed by atoms with Crippen molar-refractivity contribution in [1.29, 1.82) is 0 Å². The first kappa shape index (κ1) is 12.5. The number of primary amides is 1. The molecule has 0 aliphatic heterocycles. The first-order valence-corrected chi connectivity index (χ1v) is 5.19. The van der Waals surface area contributed by atoms with E-state index in [2.05, 4.69) is 9.97 Å². The summed E-state index contributed by atoms with van der Waals surface area (Å²) in [5.41, 5.74) is 5.15. The van der Waals surface area contributed by atoms with E-state index >= 15 is 0 Å². The monoisotopic (exact) mass is 259 g/mol. The molecule has 7 nitrogen and oxygen atoms in total. The number of hydrogen-bond donors (Lipinski definition) is 2. The van der Waals surface area contributed by atoms with Crippen molar-refractivity contribution in [3.63, 3.8) is 0 Å². The van der Waals surface area contributed by atoms with Crippen LogP contribution < -0.4 is 10.5 Å². The van der Waals surface area contributed by atoms with Crippen molar-refractivity contribution in [3.8, 4) is 11.6 Å². The zero-order valence-electron chi connectivity index (χ0n) is 9.61. The molecule has 0 aromatic carbocycles. The lowest BCUT2D eigenvalue weighted by atomic mass is 10.2. The van der Waals surface area contributed by atoms with E-state index in [0.29, 0.717) is 0 Å². The molecule has 0 saturated carbocycles. The van der Waals surface area contributed by atoms with E-state index in [-0.39, 0.29) is 22.8 Å². The normalized spacial score (nSPS) is 9.89. The molecule has 0 radical (unpaired) electrons. The fourth-order valence-electron chi connectivity index (χ4n) is 1.40. The molecule has 0 atom stereocenters. The molecule has 96 valence electrons. The van der Waals surface area contributed by atoms with Gasteiger partial charge in [-0.2, -0.15) is 0 Å². The van der Waals surface area contributed by atoms with Crippen LogP contribution in [-0.4, -0.2) is 27.0 Å². The van der Waals surface area contributed by atoms with Crippen LogP contribution in [0.2, 0.25) is 0 Å². The number of amides is 1. The number of carboxylic acid groups (broad SMARTS) is 1. The maximum atomic E-state index is 11.2. The summed E-state index contributed by atoms with van der Waals surface area (Å²) in [6.45, 7) is 0. The second-order valence-electron chi connectivity index (χ2n) is 3.50.